The lowest BCUT2D eigenvalue weighted by Crippen LogP contribution is -2.26. The molecular formula is C16H12FNO2S2. The van der Waals surface area contributed by atoms with Gasteiger partial charge in [-0.25, -0.2) is 4.39 Å². The fourth-order valence-corrected chi connectivity index (χ4v) is 3.47. The van der Waals surface area contributed by atoms with Crippen molar-refractivity contribution in [2.75, 3.05) is 6.54 Å². The van der Waals surface area contributed by atoms with Crippen LogP contribution in [0.5, 0.6) is 0 Å². The molecule has 1 amide bonds. The molecule has 0 N–H and O–H groups in total. The van der Waals surface area contributed by atoms with E-state index < -0.39 is 0 Å². The van der Waals surface area contributed by atoms with Gasteiger partial charge in [-0.05, 0) is 49.0 Å². The SMILES string of the molecule is CCN1C(=O)S/C(=C\c2ccc(-c3cccc(F)c3)o2)C1=S. The van der Waals surface area contributed by atoms with Gasteiger partial charge in [-0.3, -0.25) is 9.69 Å². The number of carbonyl (C=O) groups excluding carboxylic acids is 1. The predicted molar refractivity (Wildman–Crippen MR) is 90.0 cm³/mol. The van der Waals surface area contributed by atoms with E-state index in [9.17, 15) is 9.18 Å². The van der Waals surface area contributed by atoms with Crippen LogP contribution in [0.1, 0.15) is 12.7 Å². The predicted octanol–water partition coefficient (Wildman–Crippen LogP) is 4.94. The van der Waals surface area contributed by atoms with Gasteiger partial charge in [-0.2, -0.15) is 0 Å². The number of amides is 1. The van der Waals surface area contributed by atoms with Crippen molar-refractivity contribution in [3.05, 3.63) is 52.9 Å². The maximum Gasteiger partial charge on any atom is 0.291 e. The fourth-order valence-electron chi connectivity index (χ4n) is 2.13. The zero-order valence-electron chi connectivity index (χ0n) is 11.7. The van der Waals surface area contributed by atoms with Crippen LogP contribution in [0.25, 0.3) is 17.4 Å². The van der Waals surface area contributed by atoms with E-state index in [1.807, 2.05) is 6.92 Å². The number of furan rings is 1. The molecule has 0 saturated carbocycles. The number of benzene rings is 1. The number of thioether (sulfide) groups is 1. The third kappa shape index (κ3) is 2.84. The first-order chi connectivity index (χ1) is 10.6. The zero-order valence-corrected chi connectivity index (χ0v) is 13.3. The highest BCUT2D eigenvalue weighted by Gasteiger charge is 2.30. The standard InChI is InChI=1S/C16H12FNO2S2/c1-2-18-15(21)14(22-16(18)19)9-12-6-7-13(20-12)10-4-3-5-11(17)8-10/h3-9H,2H2,1H3/b14-9-. The average Bonchev–Trinajstić information content (AvgIpc) is 3.05. The van der Waals surface area contributed by atoms with Crippen molar-refractivity contribution in [2.45, 2.75) is 6.92 Å². The van der Waals surface area contributed by atoms with Crippen molar-refractivity contribution in [3.63, 3.8) is 0 Å². The summed E-state index contributed by atoms with van der Waals surface area (Å²) in [7, 11) is 0. The second-order valence-electron chi connectivity index (χ2n) is 4.64. The number of nitrogens with zero attached hydrogens (tertiary/aromatic N) is 1. The normalized spacial score (nSPS) is 16.8. The molecule has 3 nitrogen and oxygen atoms in total. The Hall–Kier alpha value is -1.92. The summed E-state index contributed by atoms with van der Waals surface area (Å²) in [4.78, 5) is 14.5. The first-order valence-electron chi connectivity index (χ1n) is 6.69. The monoisotopic (exact) mass is 333 g/mol. The minimum absolute atomic E-state index is 0.0735. The van der Waals surface area contributed by atoms with Gasteiger partial charge in [-0.1, -0.05) is 24.4 Å². The van der Waals surface area contributed by atoms with E-state index in [-0.39, 0.29) is 11.1 Å². The van der Waals surface area contributed by atoms with E-state index in [1.54, 1.807) is 35.2 Å². The summed E-state index contributed by atoms with van der Waals surface area (Å²) in [6.45, 7) is 2.43. The molecule has 112 valence electrons. The van der Waals surface area contributed by atoms with Gasteiger partial charge < -0.3 is 4.42 Å². The molecule has 0 spiro atoms. The van der Waals surface area contributed by atoms with Crippen LogP contribution < -0.4 is 0 Å². The minimum Gasteiger partial charge on any atom is -0.457 e. The number of likely N-dealkylation sites (N-methyl/N-ethyl adjacent to an activating group) is 1. The number of rotatable bonds is 3. The number of thiocarbonyl (C=S) groups is 1. The Morgan fingerprint density at radius 1 is 1.36 bits per heavy atom. The lowest BCUT2D eigenvalue weighted by atomic mass is 10.2. The van der Waals surface area contributed by atoms with Crippen LogP contribution >= 0.6 is 24.0 Å². The molecule has 22 heavy (non-hydrogen) atoms. The summed E-state index contributed by atoms with van der Waals surface area (Å²) in [5.41, 5.74) is 0.664. The Morgan fingerprint density at radius 3 is 2.86 bits per heavy atom. The molecule has 1 aliphatic heterocycles. The molecule has 0 unspecified atom stereocenters. The Bertz CT molecular complexity index is 782. The van der Waals surface area contributed by atoms with Crippen molar-refractivity contribution in [2.24, 2.45) is 0 Å². The van der Waals surface area contributed by atoms with Crippen LogP contribution in [-0.4, -0.2) is 21.7 Å². The Labute approximate surface area is 136 Å². The van der Waals surface area contributed by atoms with E-state index in [2.05, 4.69) is 0 Å². The zero-order chi connectivity index (χ0) is 15.7. The topological polar surface area (TPSA) is 33.5 Å². The number of hydrogen-bond donors (Lipinski definition) is 0. The molecule has 2 aromatic rings. The van der Waals surface area contributed by atoms with Crippen molar-refractivity contribution in [3.8, 4) is 11.3 Å². The first-order valence-corrected chi connectivity index (χ1v) is 7.92. The van der Waals surface area contributed by atoms with E-state index in [0.29, 0.717) is 33.5 Å². The molecule has 0 atom stereocenters. The third-order valence-corrected chi connectivity index (χ3v) is 4.69. The summed E-state index contributed by atoms with van der Waals surface area (Å²) >= 11 is 6.37. The summed E-state index contributed by atoms with van der Waals surface area (Å²) in [6.07, 6.45) is 1.74. The van der Waals surface area contributed by atoms with Crippen LogP contribution in [0.15, 0.2) is 45.7 Å². The largest absolute Gasteiger partial charge is 0.457 e. The van der Waals surface area contributed by atoms with Gasteiger partial charge in [0, 0.05) is 12.1 Å². The van der Waals surface area contributed by atoms with Crippen molar-refractivity contribution in [1.82, 2.24) is 4.90 Å². The van der Waals surface area contributed by atoms with Gasteiger partial charge in [0.15, 0.2) is 0 Å². The number of halogens is 1. The molecule has 6 heteroatoms. The van der Waals surface area contributed by atoms with Crippen LogP contribution in [-0.2, 0) is 0 Å². The second-order valence-corrected chi connectivity index (χ2v) is 6.02. The van der Waals surface area contributed by atoms with E-state index >= 15 is 0 Å². The van der Waals surface area contributed by atoms with Crippen LogP contribution in [0.4, 0.5) is 9.18 Å². The summed E-state index contributed by atoms with van der Waals surface area (Å²) in [5, 5.41) is -0.0735. The maximum atomic E-state index is 13.2. The lowest BCUT2D eigenvalue weighted by Gasteiger charge is -2.09. The summed E-state index contributed by atoms with van der Waals surface area (Å²) < 4.78 is 18.9. The van der Waals surface area contributed by atoms with E-state index in [4.69, 9.17) is 16.6 Å². The van der Waals surface area contributed by atoms with E-state index in [0.717, 1.165) is 11.8 Å². The number of carbonyl (C=O) groups is 1. The maximum absolute atomic E-state index is 13.2. The minimum atomic E-state index is -0.314. The van der Waals surface area contributed by atoms with Gasteiger partial charge in [0.2, 0.25) is 0 Å². The summed E-state index contributed by atoms with van der Waals surface area (Å²) in [5.74, 6) is 0.833. The molecule has 1 saturated heterocycles. The quantitative estimate of drug-likeness (QED) is 0.588. The van der Waals surface area contributed by atoms with Crippen molar-refractivity contribution < 1.29 is 13.6 Å². The highest BCUT2D eigenvalue weighted by molar-refractivity contribution is 8.19. The average molecular weight is 333 g/mol. The molecule has 1 fully saturated rings. The molecule has 0 bridgehead atoms. The van der Waals surface area contributed by atoms with Gasteiger partial charge in [0.25, 0.3) is 5.24 Å². The second kappa shape index (κ2) is 6.06. The smallest absolute Gasteiger partial charge is 0.291 e. The van der Waals surface area contributed by atoms with Crippen LogP contribution in [0.2, 0.25) is 0 Å². The molecule has 2 heterocycles. The molecule has 1 aliphatic rings. The number of hydrogen-bond acceptors (Lipinski definition) is 4. The Morgan fingerprint density at radius 2 is 2.18 bits per heavy atom. The lowest BCUT2D eigenvalue weighted by molar-refractivity contribution is 0.247. The van der Waals surface area contributed by atoms with E-state index in [1.165, 1.54) is 12.1 Å². The van der Waals surface area contributed by atoms with Crippen molar-refractivity contribution >= 4 is 40.3 Å². The van der Waals surface area contributed by atoms with Gasteiger partial charge in [-0.15, -0.1) is 0 Å². The molecular weight excluding hydrogens is 321 g/mol. The third-order valence-electron chi connectivity index (χ3n) is 3.20. The van der Waals surface area contributed by atoms with Crippen molar-refractivity contribution in [1.29, 1.82) is 0 Å². The summed E-state index contributed by atoms with van der Waals surface area (Å²) in [6, 6.07) is 9.74. The molecule has 1 aromatic heterocycles. The van der Waals surface area contributed by atoms with Gasteiger partial charge >= 0.3 is 0 Å². The highest BCUT2D eigenvalue weighted by Crippen LogP contribution is 2.34. The van der Waals surface area contributed by atoms with Gasteiger partial charge in [0.1, 0.15) is 22.3 Å². The molecule has 0 aliphatic carbocycles. The molecule has 1 aromatic carbocycles. The Balaban J connectivity index is 1.88. The van der Waals surface area contributed by atoms with Crippen LogP contribution in [0.3, 0.4) is 0 Å². The highest BCUT2D eigenvalue weighted by atomic mass is 32.2. The van der Waals surface area contributed by atoms with Crippen LogP contribution in [0, 0.1) is 5.82 Å². The molecule has 3 rings (SSSR count). The first kappa shape index (κ1) is 15.0. The van der Waals surface area contributed by atoms with Gasteiger partial charge in [0.05, 0.1) is 4.91 Å². The molecule has 0 radical (unpaired) electrons. The fraction of sp³-hybridized carbons (Fsp3) is 0.125. The Kier molecular flexibility index (Phi) is 4.13.